The van der Waals surface area contributed by atoms with E-state index < -0.39 is 5.97 Å². The highest BCUT2D eigenvalue weighted by molar-refractivity contribution is 5.90. The molecule has 0 saturated carbocycles. The zero-order valence-corrected chi connectivity index (χ0v) is 8.68. The third kappa shape index (κ3) is 2.49. The summed E-state index contributed by atoms with van der Waals surface area (Å²) >= 11 is 0. The summed E-state index contributed by atoms with van der Waals surface area (Å²) < 4.78 is 0. The van der Waals surface area contributed by atoms with E-state index in [9.17, 15) is 9.59 Å². The molecule has 1 aromatic rings. The molecular weight excluding hydrogens is 198 g/mol. The Kier molecular flexibility index (Phi) is 2.99. The fraction of sp³-hybridized carbons (Fsp3) is 0.333. The normalized spacial score (nSPS) is 9.80. The van der Waals surface area contributed by atoms with E-state index in [4.69, 9.17) is 5.11 Å². The Morgan fingerprint density at radius 3 is 2.47 bits per heavy atom. The average molecular weight is 209 g/mol. The number of anilines is 1. The SMILES string of the molecule is CC(=O)N(C)c1nc(C)cc(C(=O)O)n1. The molecule has 1 amide bonds. The number of aryl methyl sites for hydroxylation is 1. The first kappa shape index (κ1) is 11.1. The van der Waals surface area contributed by atoms with E-state index in [2.05, 4.69) is 9.97 Å². The van der Waals surface area contributed by atoms with Gasteiger partial charge in [-0.1, -0.05) is 0 Å². The lowest BCUT2D eigenvalue weighted by Crippen LogP contribution is -2.26. The van der Waals surface area contributed by atoms with Gasteiger partial charge in [-0.25, -0.2) is 14.8 Å². The van der Waals surface area contributed by atoms with E-state index in [1.165, 1.54) is 24.9 Å². The molecule has 0 saturated heterocycles. The van der Waals surface area contributed by atoms with E-state index in [1.54, 1.807) is 6.92 Å². The molecule has 6 heteroatoms. The number of carboxylic acid groups (broad SMARTS) is 1. The molecule has 0 unspecified atom stereocenters. The van der Waals surface area contributed by atoms with E-state index in [0.29, 0.717) is 5.69 Å². The van der Waals surface area contributed by atoms with Gasteiger partial charge in [0.05, 0.1) is 0 Å². The monoisotopic (exact) mass is 209 g/mol. The molecule has 1 heterocycles. The van der Waals surface area contributed by atoms with Crippen LogP contribution in [0.4, 0.5) is 5.95 Å². The van der Waals surface area contributed by atoms with Gasteiger partial charge in [0.25, 0.3) is 0 Å². The summed E-state index contributed by atoms with van der Waals surface area (Å²) in [5, 5.41) is 8.76. The van der Waals surface area contributed by atoms with Gasteiger partial charge in [-0.05, 0) is 13.0 Å². The fourth-order valence-corrected chi connectivity index (χ4v) is 0.953. The van der Waals surface area contributed by atoms with Crippen molar-refractivity contribution in [1.29, 1.82) is 0 Å². The van der Waals surface area contributed by atoms with E-state index in [-0.39, 0.29) is 17.5 Å². The minimum Gasteiger partial charge on any atom is -0.477 e. The van der Waals surface area contributed by atoms with Crippen molar-refractivity contribution in [2.24, 2.45) is 0 Å². The Morgan fingerprint density at radius 2 is 2.00 bits per heavy atom. The van der Waals surface area contributed by atoms with Crippen molar-refractivity contribution in [1.82, 2.24) is 9.97 Å². The third-order valence-corrected chi connectivity index (χ3v) is 1.83. The molecule has 0 radical (unpaired) electrons. The van der Waals surface area contributed by atoms with Crippen LogP contribution in [-0.4, -0.2) is 34.0 Å². The van der Waals surface area contributed by atoms with Crippen LogP contribution >= 0.6 is 0 Å². The van der Waals surface area contributed by atoms with Crippen LogP contribution in [0.1, 0.15) is 23.1 Å². The summed E-state index contributed by atoms with van der Waals surface area (Å²) in [6.45, 7) is 3.00. The van der Waals surface area contributed by atoms with E-state index >= 15 is 0 Å². The quantitative estimate of drug-likeness (QED) is 0.765. The highest BCUT2D eigenvalue weighted by Crippen LogP contribution is 2.08. The lowest BCUT2D eigenvalue weighted by Gasteiger charge is -2.13. The number of aromatic nitrogens is 2. The van der Waals surface area contributed by atoms with Gasteiger partial charge in [0.2, 0.25) is 11.9 Å². The van der Waals surface area contributed by atoms with Gasteiger partial charge in [0, 0.05) is 19.7 Å². The Balaban J connectivity index is 3.20. The highest BCUT2D eigenvalue weighted by atomic mass is 16.4. The minimum atomic E-state index is -1.14. The first-order valence-corrected chi connectivity index (χ1v) is 4.25. The Morgan fingerprint density at radius 1 is 1.40 bits per heavy atom. The van der Waals surface area contributed by atoms with Gasteiger partial charge in [-0.2, -0.15) is 0 Å². The zero-order valence-electron chi connectivity index (χ0n) is 8.68. The van der Waals surface area contributed by atoms with Crippen LogP contribution in [0.25, 0.3) is 0 Å². The van der Waals surface area contributed by atoms with Crippen LogP contribution in [0.15, 0.2) is 6.07 Å². The fourth-order valence-electron chi connectivity index (χ4n) is 0.953. The van der Waals surface area contributed by atoms with Crippen LogP contribution in [0.5, 0.6) is 0 Å². The maximum atomic E-state index is 11.0. The van der Waals surface area contributed by atoms with Crippen molar-refractivity contribution >= 4 is 17.8 Å². The summed E-state index contributed by atoms with van der Waals surface area (Å²) in [7, 11) is 1.49. The van der Waals surface area contributed by atoms with Gasteiger partial charge in [0.15, 0.2) is 5.69 Å². The van der Waals surface area contributed by atoms with Crippen LogP contribution in [0.2, 0.25) is 0 Å². The summed E-state index contributed by atoms with van der Waals surface area (Å²) in [6.07, 6.45) is 0. The number of carboxylic acids is 1. The molecule has 1 N–H and O–H groups in total. The predicted octanol–water partition coefficient (Wildman–Crippen LogP) is 0.466. The molecular formula is C9H11N3O3. The number of amides is 1. The number of carbonyl (C=O) groups is 2. The van der Waals surface area contributed by atoms with Crippen LogP contribution < -0.4 is 4.90 Å². The smallest absolute Gasteiger partial charge is 0.354 e. The van der Waals surface area contributed by atoms with Gasteiger partial charge in [0.1, 0.15) is 0 Å². The molecule has 1 aromatic heterocycles. The van der Waals surface area contributed by atoms with Crippen molar-refractivity contribution < 1.29 is 14.7 Å². The maximum Gasteiger partial charge on any atom is 0.354 e. The van der Waals surface area contributed by atoms with Gasteiger partial charge >= 0.3 is 5.97 Å². The van der Waals surface area contributed by atoms with Crippen LogP contribution in [0.3, 0.4) is 0 Å². The second-order valence-electron chi connectivity index (χ2n) is 3.08. The molecule has 1 rings (SSSR count). The van der Waals surface area contributed by atoms with Crippen molar-refractivity contribution in [3.8, 4) is 0 Å². The summed E-state index contributed by atoms with van der Waals surface area (Å²) in [6, 6.07) is 1.35. The van der Waals surface area contributed by atoms with Gasteiger partial charge in [-0.15, -0.1) is 0 Å². The van der Waals surface area contributed by atoms with Crippen molar-refractivity contribution in [2.45, 2.75) is 13.8 Å². The van der Waals surface area contributed by atoms with E-state index in [0.717, 1.165) is 0 Å². The maximum absolute atomic E-state index is 11.0. The Labute approximate surface area is 86.6 Å². The summed E-state index contributed by atoms with van der Waals surface area (Å²) in [5.74, 6) is -1.30. The predicted molar refractivity (Wildman–Crippen MR) is 52.8 cm³/mol. The molecule has 0 aliphatic heterocycles. The largest absolute Gasteiger partial charge is 0.477 e. The topological polar surface area (TPSA) is 83.4 Å². The summed E-state index contributed by atoms with van der Waals surface area (Å²) in [5.41, 5.74) is 0.385. The number of nitrogens with zero attached hydrogens (tertiary/aromatic N) is 3. The minimum absolute atomic E-state index is 0.0971. The van der Waals surface area contributed by atoms with Crippen LogP contribution in [-0.2, 0) is 4.79 Å². The van der Waals surface area contributed by atoms with Gasteiger partial charge < -0.3 is 5.11 Å². The number of rotatable bonds is 2. The molecule has 0 aromatic carbocycles. The molecule has 0 aliphatic rings. The lowest BCUT2D eigenvalue weighted by molar-refractivity contribution is -0.116. The van der Waals surface area contributed by atoms with Crippen molar-refractivity contribution in [2.75, 3.05) is 11.9 Å². The third-order valence-electron chi connectivity index (χ3n) is 1.83. The molecule has 0 fully saturated rings. The zero-order chi connectivity index (χ0) is 11.6. The summed E-state index contributed by atoms with van der Waals surface area (Å²) in [4.78, 5) is 30.6. The van der Waals surface area contributed by atoms with Crippen molar-refractivity contribution in [3.05, 3.63) is 17.5 Å². The van der Waals surface area contributed by atoms with Gasteiger partial charge in [-0.3, -0.25) is 9.69 Å². The molecule has 6 nitrogen and oxygen atoms in total. The molecule has 0 spiro atoms. The molecule has 0 aliphatic carbocycles. The number of hydrogen-bond acceptors (Lipinski definition) is 4. The van der Waals surface area contributed by atoms with Crippen molar-refractivity contribution in [3.63, 3.8) is 0 Å². The number of hydrogen-bond donors (Lipinski definition) is 1. The lowest BCUT2D eigenvalue weighted by atomic mass is 10.3. The highest BCUT2D eigenvalue weighted by Gasteiger charge is 2.13. The first-order valence-electron chi connectivity index (χ1n) is 4.25. The van der Waals surface area contributed by atoms with E-state index in [1.807, 2.05) is 0 Å². The number of aromatic carboxylic acids is 1. The van der Waals surface area contributed by atoms with Crippen LogP contribution in [0, 0.1) is 6.92 Å². The first-order chi connectivity index (χ1) is 6.91. The molecule has 15 heavy (non-hydrogen) atoms. The molecule has 0 atom stereocenters. The second-order valence-corrected chi connectivity index (χ2v) is 3.08. The molecule has 0 bridgehead atoms. The number of carbonyl (C=O) groups excluding carboxylic acids is 1. The molecule has 80 valence electrons. The second kappa shape index (κ2) is 4.04. The average Bonchev–Trinajstić information content (AvgIpc) is 2.15. The Bertz CT molecular complexity index is 417. The standard InChI is InChI=1S/C9H11N3O3/c1-5-4-7(8(14)15)11-9(10-5)12(3)6(2)13/h4H,1-3H3,(H,14,15). The Hall–Kier alpha value is -1.98.